The third-order valence-electron chi connectivity index (χ3n) is 10.4. The van der Waals surface area contributed by atoms with Gasteiger partial charge in [-0.2, -0.15) is 0 Å². The summed E-state index contributed by atoms with van der Waals surface area (Å²) in [4.78, 5) is 50.3. The number of esters is 2. The zero-order valence-corrected chi connectivity index (χ0v) is 36.7. The van der Waals surface area contributed by atoms with E-state index in [1.807, 2.05) is 27.2 Å². The van der Waals surface area contributed by atoms with E-state index in [0.717, 1.165) is 57.8 Å². The first-order chi connectivity index (χ1) is 26.7. The molecule has 0 bridgehead atoms. The molecule has 12 nitrogen and oxygen atoms in total. The lowest BCUT2D eigenvalue weighted by molar-refractivity contribution is -0.870. The molecule has 328 valence electrons. The Hall–Kier alpha value is -1.66. The summed E-state index contributed by atoms with van der Waals surface area (Å²) in [7, 11) is 1.04. The molecule has 1 aliphatic carbocycles. The van der Waals surface area contributed by atoms with Crippen LogP contribution in [0.1, 0.15) is 168 Å². The largest absolute Gasteiger partial charge is 0.756 e. The molecule has 6 atom stereocenters. The van der Waals surface area contributed by atoms with Crippen LogP contribution in [0.3, 0.4) is 0 Å². The van der Waals surface area contributed by atoms with Crippen molar-refractivity contribution in [3.8, 4) is 0 Å². The topological polar surface area (TPSA) is 169 Å². The van der Waals surface area contributed by atoms with Gasteiger partial charge in [-0.05, 0) is 25.7 Å². The molecule has 0 aromatic rings. The van der Waals surface area contributed by atoms with Crippen molar-refractivity contribution in [2.75, 3.05) is 47.5 Å². The Labute approximate surface area is 339 Å². The molecule has 13 heteroatoms. The van der Waals surface area contributed by atoms with Gasteiger partial charge in [-0.25, -0.2) is 0 Å². The third-order valence-corrected chi connectivity index (χ3v) is 11.4. The van der Waals surface area contributed by atoms with Crippen LogP contribution in [0.2, 0.25) is 0 Å². The number of phosphoric acid groups is 1. The molecule has 2 N–H and O–H groups in total. The van der Waals surface area contributed by atoms with Crippen LogP contribution in [0.15, 0.2) is 12.2 Å². The molecule has 0 aromatic heterocycles. The van der Waals surface area contributed by atoms with Crippen LogP contribution in [0, 0.1) is 11.8 Å². The number of hydrogen-bond donors (Lipinski definition) is 2. The lowest BCUT2D eigenvalue weighted by Gasteiger charge is -2.28. The minimum Gasteiger partial charge on any atom is -0.756 e. The molecular formula is C43H80NO11P. The fourth-order valence-electron chi connectivity index (χ4n) is 6.90. The predicted octanol–water partition coefficient (Wildman–Crippen LogP) is 8.14. The SMILES string of the molecule is CCCCCCCCCCCCCCC(=O)O[C@H](COC(=O)CCCCCC[C@H]1C(=O)C[C@@H](O)[C@@H]1/C=C/[C@@H](O)CCCCC)COP(=O)([O-])OCC[N+](C)(C)C. The Morgan fingerprint density at radius 3 is 1.93 bits per heavy atom. The number of hydrogen-bond acceptors (Lipinski definition) is 11. The first-order valence-corrected chi connectivity index (χ1v) is 23.5. The van der Waals surface area contributed by atoms with Crippen molar-refractivity contribution < 1.29 is 57.1 Å². The molecule has 1 aliphatic rings. The van der Waals surface area contributed by atoms with Gasteiger partial charge >= 0.3 is 11.9 Å². The normalized spacial score (nSPS) is 19.6. The van der Waals surface area contributed by atoms with E-state index < -0.39 is 44.7 Å². The van der Waals surface area contributed by atoms with Crippen LogP contribution < -0.4 is 4.89 Å². The summed E-state index contributed by atoms with van der Waals surface area (Å²) < 4.78 is 33.8. The van der Waals surface area contributed by atoms with Crippen molar-refractivity contribution in [3.05, 3.63) is 12.2 Å². The quantitative estimate of drug-likeness (QED) is 0.0206. The van der Waals surface area contributed by atoms with Gasteiger partial charge in [0.15, 0.2) is 6.10 Å². The van der Waals surface area contributed by atoms with Crippen molar-refractivity contribution in [1.29, 1.82) is 0 Å². The first kappa shape index (κ1) is 52.4. The molecule has 0 saturated heterocycles. The minimum absolute atomic E-state index is 0.0496. The van der Waals surface area contributed by atoms with E-state index in [-0.39, 0.29) is 50.1 Å². The lowest BCUT2D eigenvalue weighted by Crippen LogP contribution is -2.37. The number of aliphatic hydroxyl groups excluding tert-OH is 2. The van der Waals surface area contributed by atoms with E-state index in [2.05, 4.69) is 13.8 Å². The number of Topliss-reactive ketones (excluding diaryl/α,β-unsaturated/α-hetero) is 1. The summed E-state index contributed by atoms with van der Waals surface area (Å²) in [6.07, 6.45) is 22.8. The second-order valence-corrected chi connectivity index (χ2v) is 18.3. The van der Waals surface area contributed by atoms with Crippen molar-refractivity contribution in [3.63, 3.8) is 0 Å². The van der Waals surface area contributed by atoms with Crippen molar-refractivity contribution >= 4 is 25.5 Å². The number of carbonyl (C=O) groups excluding carboxylic acids is 3. The van der Waals surface area contributed by atoms with Gasteiger partial charge in [-0.1, -0.05) is 135 Å². The number of aliphatic hydroxyl groups is 2. The van der Waals surface area contributed by atoms with E-state index in [0.29, 0.717) is 36.7 Å². The summed E-state index contributed by atoms with van der Waals surface area (Å²) >= 11 is 0. The third kappa shape index (κ3) is 27.9. The predicted molar refractivity (Wildman–Crippen MR) is 219 cm³/mol. The highest BCUT2D eigenvalue weighted by Crippen LogP contribution is 2.38. The maximum absolute atomic E-state index is 12.7. The highest BCUT2D eigenvalue weighted by Gasteiger charge is 2.39. The monoisotopic (exact) mass is 818 g/mol. The van der Waals surface area contributed by atoms with E-state index in [1.54, 1.807) is 6.08 Å². The van der Waals surface area contributed by atoms with Crippen LogP contribution in [0.25, 0.3) is 0 Å². The maximum Gasteiger partial charge on any atom is 0.306 e. The van der Waals surface area contributed by atoms with E-state index in [9.17, 15) is 34.1 Å². The van der Waals surface area contributed by atoms with Gasteiger partial charge in [0.25, 0.3) is 7.82 Å². The van der Waals surface area contributed by atoms with Gasteiger partial charge in [0, 0.05) is 31.1 Å². The van der Waals surface area contributed by atoms with Crippen molar-refractivity contribution in [2.24, 2.45) is 11.8 Å². The van der Waals surface area contributed by atoms with Gasteiger partial charge in [-0.15, -0.1) is 0 Å². The molecular weight excluding hydrogens is 737 g/mol. The molecule has 1 fully saturated rings. The van der Waals surface area contributed by atoms with Gasteiger partial charge in [0.2, 0.25) is 0 Å². The standard InChI is InChI=1S/C43H80NO11P/c1-6-8-10-11-12-13-14-15-16-17-18-24-28-43(49)55-37(35-54-56(50,51)53-32-31-44(3,4)5)34-52-42(48)27-23-20-19-22-26-38-39(41(47)33-40(38)46)30-29-36(45)25-21-9-7-2/h29-30,36-39,41,45,47H,6-28,31-35H2,1-5H3/b30-29+/t36-,37+,38+,39+,41+/m0/s1. The smallest absolute Gasteiger partial charge is 0.306 e. The number of likely N-dealkylation sites (N-methyl/N-ethyl adjacent to an activating group) is 1. The highest BCUT2D eigenvalue weighted by molar-refractivity contribution is 7.45. The van der Waals surface area contributed by atoms with Crippen LogP contribution in [0.4, 0.5) is 0 Å². The zero-order chi connectivity index (χ0) is 41.7. The molecule has 0 heterocycles. The van der Waals surface area contributed by atoms with Gasteiger partial charge in [0.1, 0.15) is 25.5 Å². The Morgan fingerprint density at radius 1 is 0.804 bits per heavy atom. The molecule has 0 aromatic carbocycles. The second-order valence-electron chi connectivity index (χ2n) is 16.8. The summed E-state index contributed by atoms with van der Waals surface area (Å²) in [5.74, 6) is -1.51. The number of ketones is 1. The molecule has 0 amide bonds. The number of nitrogens with zero attached hydrogens (tertiary/aromatic N) is 1. The fraction of sp³-hybridized carbons (Fsp3) is 0.884. The number of unbranched alkanes of at least 4 members (excludes halogenated alkanes) is 16. The van der Waals surface area contributed by atoms with E-state index in [4.69, 9.17) is 18.5 Å². The Morgan fingerprint density at radius 2 is 1.34 bits per heavy atom. The van der Waals surface area contributed by atoms with Gasteiger partial charge in [-0.3, -0.25) is 18.9 Å². The van der Waals surface area contributed by atoms with Crippen LogP contribution in [-0.2, 0) is 37.5 Å². The number of carbonyl (C=O) groups is 3. The van der Waals surface area contributed by atoms with Gasteiger partial charge < -0.3 is 38.1 Å². The Balaban J connectivity index is 2.47. The van der Waals surface area contributed by atoms with E-state index in [1.165, 1.54) is 51.4 Å². The average molecular weight is 818 g/mol. The Bertz CT molecular complexity index is 1130. The average Bonchev–Trinajstić information content (AvgIpc) is 3.40. The molecule has 1 unspecified atom stereocenters. The summed E-state index contributed by atoms with van der Waals surface area (Å²) in [5.41, 5.74) is 0. The van der Waals surface area contributed by atoms with Crippen molar-refractivity contribution in [1.82, 2.24) is 0 Å². The zero-order valence-electron chi connectivity index (χ0n) is 35.8. The van der Waals surface area contributed by atoms with Crippen LogP contribution >= 0.6 is 7.82 Å². The number of ether oxygens (including phenoxy) is 2. The lowest BCUT2D eigenvalue weighted by atomic mass is 9.88. The molecule has 1 rings (SSSR count). The van der Waals surface area contributed by atoms with Crippen LogP contribution in [-0.4, -0.2) is 98.2 Å². The minimum atomic E-state index is -4.68. The Kier molecular flexibility index (Phi) is 29.3. The van der Waals surface area contributed by atoms with Gasteiger partial charge in [0.05, 0.1) is 40.0 Å². The second kappa shape index (κ2) is 31.3. The number of quaternary nitrogens is 1. The molecule has 0 aliphatic heterocycles. The number of phosphoric ester groups is 1. The summed E-state index contributed by atoms with van der Waals surface area (Å²) in [6.45, 7) is 3.85. The first-order valence-electron chi connectivity index (χ1n) is 22.0. The highest BCUT2D eigenvalue weighted by atomic mass is 31.2. The summed E-state index contributed by atoms with van der Waals surface area (Å²) in [6, 6.07) is 0. The van der Waals surface area contributed by atoms with E-state index >= 15 is 0 Å². The molecule has 0 spiro atoms. The van der Waals surface area contributed by atoms with Crippen LogP contribution in [0.5, 0.6) is 0 Å². The summed E-state index contributed by atoms with van der Waals surface area (Å²) in [5, 5.41) is 20.7. The number of rotatable bonds is 36. The van der Waals surface area contributed by atoms with Crippen molar-refractivity contribution in [2.45, 2.75) is 186 Å². The molecule has 0 radical (unpaired) electrons. The maximum atomic E-state index is 12.7. The molecule has 1 saturated carbocycles. The fourth-order valence-corrected chi connectivity index (χ4v) is 7.63. The molecule has 56 heavy (non-hydrogen) atoms.